The normalized spacial score (nSPS) is 17.7. The van der Waals surface area contributed by atoms with E-state index in [1.807, 2.05) is 0 Å². The minimum Gasteiger partial charge on any atom is -0.458 e. The molecule has 1 fully saturated rings. The Kier molecular flexibility index (Phi) is 5.33. The lowest BCUT2D eigenvalue weighted by molar-refractivity contribution is -0.128. The molecule has 1 aliphatic rings. The van der Waals surface area contributed by atoms with Gasteiger partial charge >= 0.3 is 6.01 Å². The zero-order chi connectivity index (χ0) is 17.6. The first kappa shape index (κ1) is 17.0. The van der Waals surface area contributed by atoms with Crippen LogP contribution in [0.4, 0.5) is 8.78 Å². The highest BCUT2D eigenvalue weighted by molar-refractivity contribution is 5.91. The molecule has 0 bridgehead atoms. The summed E-state index contributed by atoms with van der Waals surface area (Å²) in [6.07, 6.45) is 6.15. The lowest BCUT2D eigenvalue weighted by Crippen LogP contribution is -2.43. The Morgan fingerprint density at radius 1 is 1.24 bits per heavy atom. The number of amides is 1. The summed E-state index contributed by atoms with van der Waals surface area (Å²) in [7, 11) is 0. The third-order valence-corrected chi connectivity index (χ3v) is 3.87. The molecule has 0 spiro atoms. The fraction of sp³-hybridized carbons (Fsp3) is 0.278. The van der Waals surface area contributed by atoms with Crippen molar-refractivity contribution in [3.05, 3.63) is 59.9 Å². The summed E-state index contributed by atoms with van der Waals surface area (Å²) < 4.78 is 32.0. The molecule has 5 nitrogen and oxygen atoms in total. The van der Waals surface area contributed by atoms with Crippen LogP contribution in [-0.2, 0) is 4.79 Å². The summed E-state index contributed by atoms with van der Waals surface area (Å²) in [6, 6.07) is 6.34. The van der Waals surface area contributed by atoms with Crippen LogP contribution in [0.5, 0.6) is 6.01 Å². The van der Waals surface area contributed by atoms with E-state index >= 15 is 0 Å². The summed E-state index contributed by atoms with van der Waals surface area (Å²) in [4.78, 5) is 21.5. The van der Waals surface area contributed by atoms with Crippen LogP contribution < -0.4 is 4.74 Å². The van der Waals surface area contributed by atoms with Crippen LogP contribution in [0.2, 0.25) is 0 Å². The molecule has 2 heterocycles. The number of carbonyl (C=O) groups is 1. The van der Waals surface area contributed by atoms with Crippen molar-refractivity contribution in [3.8, 4) is 6.01 Å². The average molecular weight is 345 g/mol. The van der Waals surface area contributed by atoms with Crippen LogP contribution in [0.3, 0.4) is 0 Å². The first-order valence-corrected chi connectivity index (χ1v) is 7.97. The molecule has 1 aromatic carbocycles. The van der Waals surface area contributed by atoms with E-state index in [-0.39, 0.29) is 23.8 Å². The molecule has 130 valence electrons. The average Bonchev–Trinajstić information content (AvgIpc) is 2.63. The number of nitrogens with zero attached hydrogens (tertiary/aromatic N) is 3. The van der Waals surface area contributed by atoms with Crippen molar-refractivity contribution < 1.29 is 18.3 Å². The van der Waals surface area contributed by atoms with Crippen LogP contribution in [0.25, 0.3) is 6.08 Å². The van der Waals surface area contributed by atoms with Crippen molar-refractivity contribution in [3.63, 3.8) is 0 Å². The van der Waals surface area contributed by atoms with Gasteiger partial charge in [0, 0.05) is 18.2 Å². The number of aromatic nitrogens is 2. The van der Waals surface area contributed by atoms with Gasteiger partial charge in [0.2, 0.25) is 5.91 Å². The zero-order valence-electron chi connectivity index (χ0n) is 13.4. The van der Waals surface area contributed by atoms with E-state index in [1.165, 1.54) is 18.2 Å². The van der Waals surface area contributed by atoms with Gasteiger partial charge < -0.3 is 9.64 Å². The fourth-order valence-corrected chi connectivity index (χ4v) is 2.62. The first-order valence-electron chi connectivity index (χ1n) is 7.97. The third-order valence-electron chi connectivity index (χ3n) is 3.87. The second-order valence-corrected chi connectivity index (χ2v) is 5.71. The summed E-state index contributed by atoms with van der Waals surface area (Å²) in [5.41, 5.74) is 0.361. The lowest BCUT2D eigenvalue weighted by atomic mass is 10.1. The molecule has 1 aromatic heterocycles. The number of hydrogen-bond donors (Lipinski definition) is 0. The highest BCUT2D eigenvalue weighted by Gasteiger charge is 2.24. The Labute approximate surface area is 144 Å². The number of hydrogen-bond acceptors (Lipinski definition) is 4. The van der Waals surface area contributed by atoms with Gasteiger partial charge in [0.1, 0.15) is 11.9 Å². The van der Waals surface area contributed by atoms with Crippen molar-refractivity contribution in [1.29, 1.82) is 0 Å². The van der Waals surface area contributed by atoms with E-state index in [1.54, 1.807) is 23.1 Å². The number of benzene rings is 1. The Morgan fingerprint density at radius 2 is 2.00 bits per heavy atom. The van der Waals surface area contributed by atoms with Gasteiger partial charge in [-0.15, -0.1) is 0 Å². The number of rotatable bonds is 4. The van der Waals surface area contributed by atoms with Crippen LogP contribution in [0, 0.1) is 11.6 Å². The predicted octanol–water partition coefficient (Wildman–Crippen LogP) is 2.84. The standard InChI is InChI=1S/C18H17F2N3O2/c19-14-10-21-18(22-11-14)25-15-5-3-9-23(12-15)17(24)8-7-13-4-1-2-6-16(13)20/h1-2,4,6-8,10-11,15H,3,5,9,12H2/b8-7+. The number of piperidine rings is 1. The molecule has 0 aliphatic carbocycles. The molecule has 25 heavy (non-hydrogen) atoms. The highest BCUT2D eigenvalue weighted by Crippen LogP contribution is 2.16. The van der Waals surface area contributed by atoms with Crippen molar-refractivity contribution in [1.82, 2.24) is 14.9 Å². The maximum absolute atomic E-state index is 13.6. The van der Waals surface area contributed by atoms with Gasteiger partial charge in [-0.05, 0) is 25.0 Å². The minimum atomic E-state index is -0.536. The predicted molar refractivity (Wildman–Crippen MR) is 87.7 cm³/mol. The summed E-state index contributed by atoms with van der Waals surface area (Å²) in [5, 5.41) is 0. The number of ether oxygens (including phenoxy) is 1. The van der Waals surface area contributed by atoms with Gasteiger partial charge in [-0.3, -0.25) is 4.79 Å². The van der Waals surface area contributed by atoms with E-state index in [0.29, 0.717) is 18.7 Å². The van der Waals surface area contributed by atoms with Crippen LogP contribution in [0.1, 0.15) is 18.4 Å². The summed E-state index contributed by atoms with van der Waals surface area (Å²) >= 11 is 0. The van der Waals surface area contributed by atoms with Crippen molar-refractivity contribution in [2.45, 2.75) is 18.9 Å². The van der Waals surface area contributed by atoms with Gasteiger partial charge in [-0.2, -0.15) is 0 Å². The van der Waals surface area contributed by atoms with E-state index in [9.17, 15) is 13.6 Å². The summed E-state index contributed by atoms with van der Waals surface area (Å²) in [5.74, 6) is -1.12. The molecule has 2 aromatic rings. The van der Waals surface area contributed by atoms with Gasteiger partial charge in [0.25, 0.3) is 0 Å². The van der Waals surface area contributed by atoms with Gasteiger partial charge in [-0.25, -0.2) is 18.7 Å². The highest BCUT2D eigenvalue weighted by atomic mass is 19.1. The summed E-state index contributed by atoms with van der Waals surface area (Å²) in [6.45, 7) is 0.978. The number of likely N-dealkylation sites (tertiary alicyclic amines) is 1. The SMILES string of the molecule is O=C(/C=C/c1ccccc1F)N1CCCC(Oc2ncc(F)cn2)C1. The molecular weight excluding hydrogens is 328 g/mol. The topological polar surface area (TPSA) is 55.3 Å². The molecule has 1 saturated heterocycles. The first-order chi connectivity index (χ1) is 12.1. The van der Waals surface area contributed by atoms with Gasteiger partial charge in [0.05, 0.1) is 18.9 Å². The van der Waals surface area contributed by atoms with E-state index in [0.717, 1.165) is 25.2 Å². The molecule has 1 amide bonds. The Morgan fingerprint density at radius 3 is 2.76 bits per heavy atom. The smallest absolute Gasteiger partial charge is 0.316 e. The largest absolute Gasteiger partial charge is 0.458 e. The zero-order valence-corrected chi connectivity index (χ0v) is 13.4. The van der Waals surface area contributed by atoms with E-state index in [4.69, 9.17) is 4.74 Å². The quantitative estimate of drug-likeness (QED) is 0.800. The molecule has 7 heteroatoms. The second kappa shape index (κ2) is 7.83. The van der Waals surface area contributed by atoms with Gasteiger partial charge in [0.15, 0.2) is 5.82 Å². The van der Waals surface area contributed by atoms with Crippen LogP contribution in [-0.4, -0.2) is 40.0 Å². The third kappa shape index (κ3) is 4.59. The monoisotopic (exact) mass is 345 g/mol. The fourth-order valence-electron chi connectivity index (χ4n) is 2.62. The Bertz CT molecular complexity index is 765. The number of halogens is 2. The molecule has 0 radical (unpaired) electrons. The Hall–Kier alpha value is -2.83. The molecule has 1 unspecified atom stereocenters. The van der Waals surface area contributed by atoms with Crippen LogP contribution in [0.15, 0.2) is 42.7 Å². The molecule has 1 atom stereocenters. The molecule has 0 N–H and O–H groups in total. The minimum absolute atomic E-state index is 0.0857. The molecular formula is C18H17F2N3O2. The molecule has 0 saturated carbocycles. The van der Waals surface area contributed by atoms with E-state index in [2.05, 4.69) is 9.97 Å². The maximum Gasteiger partial charge on any atom is 0.316 e. The Balaban J connectivity index is 1.59. The van der Waals surface area contributed by atoms with Crippen molar-refractivity contribution >= 4 is 12.0 Å². The lowest BCUT2D eigenvalue weighted by Gasteiger charge is -2.31. The molecule has 3 rings (SSSR count). The number of carbonyl (C=O) groups excluding carboxylic acids is 1. The second-order valence-electron chi connectivity index (χ2n) is 5.71. The van der Waals surface area contributed by atoms with E-state index < -0.39 is 5.82 Å². The molecule has 1 aliphatic heterocycles. The van der Waals surface area contributed by atoms with Crippen molar-refractivity contribution in [2.75, 3.05) is 13.1 Å². The van der Waals surface area contributed by atoms with Gasteiger partial charge in [-0.1, -0.05) is 18.2 Å². The maximum atomic E-state index is 13.6. The van der Waals surface area contributed by atoms with Crippen molar-refractivity contribution in [2.24, 2.45) is 0 Å². The van der Waals surface area contributed by atoms with Crippen LogP contribution >= 0.6 is 0 Å².